The van der Waals surface area contributed by atoms with Crippen LogP contribution in [0.15, 0.2) is 53.7 Å². The van der Waals surface area contributed by atoms with Crippen molar-refractivity contribution in [3.63, 3.8) is 0 Å². The third-order valence-electron chi connectivity index (χ3n) is 2.66. The number of nitrogens with zero attached hydrogens (tertiary/aromatic N) is 1. The number of oxime groups is 1. The molecule has 0 spiro atoms. The molecule has 0 heterocycles. The standard InChI is InChI=1S/C15H14NO.Y/c1-12-7-9-14(10-8-12)15(16-17)11-13-5-3-2-4-6-13;/h3-10,17H,11H2,1H3;/q-1;/b16-15-;. The Morgan fingerprint density at radius 3 is 2.28 bits per heavy atom. The van der Waals surface area contributed by atoms with Crippen molar-refractivity contribution in [3.05, 3.63) is 71.3 Å². The summed E-state index contributed by atoms with van der Waals surface area (Å²) in [5.41, 5.74) is 3.93. The van der Waals surface area contributed by atoms with Crippen LogP contribution in [0.5, 0.6) is 0 Å². The summed E-state index contributed by atoms with van der Waals surface area (Å²) < 4.78 is 0. The van der Waals surface area contributed by atoms with E-state index < -0.39 is 0 Å². The zero-order valence-corrected chi connectivity index (χ0v) is 13.1. The minimum Gasteiger partial charge on any atom is -0.411 e. The van der Waals surface area contributed by atoms with Crippen molar-refractivity contribution in [2.45, 2.75) is 13.3 Å². The van der Waals surface area contributed by atoms with Crippen LogP contribution in [0.4, 0.5) is 0 Å². The van der Waals surface area contributed by atoms with E-state index in [4.69, 9.17) is 5.21 Å². The fourth-order valence-corrected chi connectivity index (χ4v) is 1.67. The van der Waals surface area contributed by atoms with E-state index in [1.165, 1.54) is 5.56 Å². The topological polar surface area (TPSA) is 32.6 Å². The SMILES string of the molecule is Cc1ccc(/C(Cc2cc[c-]cc2)=N\O)cc1.[Y]. The largest absolute Gasteiger partial charge is 0.411 e. The predicted octanol–water partition coefficient (Wildman–Crippen LogP) is 3.21. The van der Waals surface area contributed by atoms with Crippen molar-refractivity contribution >= 4 is 5.71 Å². The Balaban J connectivity index is 0.00000162. The van der Waals surface area contributed by atoms with E-state index in [1.807, 2.05) is 55.5 Å². The van der Waals surface area contributed by atoms with Gasteiger partial charge in [-0.1, -0.05) is 35.0 Å². The molecule has 0 aromatic heterocycles. The summed E-state index contributed by atoms with van der Waals surface area (Å²) in [6.45, 7) is 2.03. The Kier molecular flexibility index (Phi) is 6.24. The number of aryl methyl sites for hydroxylation is 1. The average Bonchev–Trinajstić information content (AvgIpc) is 2.38. The van der Waals surface area contributed by atoms with Crippen LogP contribution in [-0.4, -0.2) is 10.9 Å². The van der Waals surface area contributed by atoms with E-state index >= 15 is 0 Å². The normalized spacial score (nSPS) is 10.8. The molecule has 1 radical (unpaired) electrons. The molecule has 2 nitrogen and oxygen atoms in total. The second-order valence-corrected chi connectivity index (χ2v) is 4.00. The van der Waals surface area contributed by atoms with Gasteiger partial charge in [0.15, 0.2) is 0 Å². The van der Waals surface area contributed by atoms with Gasteiger partial charge in [-0.2, -0.15) is 35.9 Å². The molecule has 0 aliphatic rings. The summed E-state index contributed by atoms with van der Waals surface area (Å²) in [5.74, 6) is 0. The van der Waals surface area contributed by atoms with Gasteiger partial charge in [0.05, 0.1) is 5.71 Å². The summed E-state index contributed by atoms with van der Waals surface area (Å²) in [7, 11) is 0. The maximum Gasteiger partial charge on any atom is 0.0890 e. The molecule has 18 heavy (non-hydrogen) atoms. The van der Waals surface area contributed by atoms with E-state index in [2.05, 4.69) is 11.2 Å². The molecule has 0 bridgehead atoms. The van der Waals surface area contributed by atoms with Crippen LogP contribution in [0.1, 0.15) is 16.7 Å². The van der Waals surface area contributed by atoms with Crippen LogP contribution in [0, 0.1) is 13.0 Å². The van der Waals surface area contributed by atoms with E-state index in [0.717, 1.165) is 11.1 Å². The zero-order valence-electron chi connectivity index (χ0n) is 10.3. The second-order valence-electron chi connectivity index (χ2n) is 4.00. The van der Waals surface area contributed by atoms with Crippen LogP contribution in [0.25, 0.3) is 0 Å². The monoisotopic (exact) mass is 313 g/mol. The fraction of sp³-hybridized carbons (Fsp3) is 0.133. The van der Waals surface area contributed by atoms with Gasteiger partial charge in [-0.15, -0.1) is 0 Å². The van der Waals surface area contributed by atoms with Crippen LogP contribution in [0.3, 0.4) is 0 Å². The number of rotatable bonds is 3. The van der Waals surface area contributed by atoms with E-state index in [0.29, 0.717) is 12.1 Å². The maximum atomic E-state index is 9.09. The van der Waals surface area contributed by atoms with Crippen molar-refractivity contribution < 1.29 is 37.9 Å². The van der Waals surface area contributed by atoms with Crippen LogP contribution < -0.4 is 0 Å². The Bertz CT molecular complexity index is 506. The molecule has 2 aromatic rings. The van der Waals surface area contributed by atoms with E-state index in [9.17, 15) is 0 Å². The van der Waals surface area contributed by atoms with E-state index in [1.54, 1.807) is 0 Å². The molecule has 0 atom stereocenters. The maximum absolute atomic E-state index is 9.09. The first-order valence-electron chi connectivity index (χ1n) is 5.52. The molecule has 2 aromatic carbocycles. The van der Waals surface area contributed by atoms with Gasteiger partial charge in [0, 0.05) is 32.7 Å². The summed E-state index contributed by atoms with van der Waals surface area (Å²) in [5, 5.41) is 12.5. The van der Waals surface area contributed by atoms with Crippen molar-refractivity contribution in [1.82, 2.24) is 0 Å². The third kappa shape index (κ3) is 4.04. The Morgan fingerprint density at radius 2 is 1.72 bits per heavy atom. The van der Waals surface area contributed by atoms with Gasteiger partial charge in [-0.3, -0.25) is 0 Å². The molecule has 1 N–H and O–H groups in total. The fourth-order valence-electron chi connectivity index (χ4n) is 1.67. The summed E-state index contributed by atoms with van der Waals surface area (Å²) >= 11 is 0. The quantitative estimate of drug-likeness (QED) is 0.401. The van der Waals surface area contributed by atoms with Gasteiger partial charge in [-0.25, -0.2) is 0 Å². The minimum absolute atomic E-state index is 0. The van der Waals surface area contributed by atoms with Gasteiger partial charge < -0.3 is 5.21 Å². The number of hydrogen-bond acceptors (Lipinski definition) is 2. The molecule has 0 aliphatic heterocycles. The Labute approximate surface area is 133 Å². The molecule has 0 amide bonds. The van der Waals surface area contributed by atoms with Crippen LogP contribution >= 0.6 is 0 Å². The molecule has 0 unspecified atom stereocenters. The number of benzene rings is 2. The molecule has 89 valence electrons. The molecule has 3 heteroatoms. The summed E-state index contributed by atoms with van der Waals surface area (Å²) in [4.78, 5) is 0. The van der Waals surface area contributed by atoms with Crippen molar-refractivity contribution in [3.8, 4) is 0 Å². The summed E-state index contributed by atoms with van der Waals surface area (Å²) in [6.07, 6.45) is 0.619. The van der Waals surface area contributed by atoms with Gasteiger partial charge in [0.25, 0.3) is 0 Å². The smallest absolute Gasteiger partial charge is 0.0890 e. The predicted molar refractivity (Wildman–Crippen MR) is 68.5 cm³/mol. The third-order valence-corrected chi connectivity index (χ3v) is 2.66. The Hall–Kier alpha value is -0.986. The van der Waals surface area contributed by atoms with Gasteiger partial charge in [-0.05, 0) is 18.9 Å². The molecule has 0 saturated carbocycles. The molecular weight excluding hydrogens is 299 g/mol. The molecule has 2 rings (SSSR count). The average molecular weight is 313 g/mol. The zero-order chi connectivity index (χ0) is 12.1. The van der Waals surface area contributed by atoms with Crippen LogP contribution in [0.2, 0.25) is 0 Å². The van der Waals surface area contributed by atoms with Crippen LogP contribution in [-0.2, 0) is 39.1 Å². The number of hydrogen-bond donors (Lipinski definition) is 1. The van der Waals surface area contributed by atoms with Crippen molar-refractivity contribution in [1.29, 1.82) is 0 Å². The second kappa shape index (κ2) is 7.45. The van der Waals surface area contributed by atoms with Gasteiger partial charge >= 0.3 is 0 Å². The van der Waals surface area contributed by atoms with E-state index in [-0.39, 0.29) is 32.7 Å². The van der Waals surface area contributed by atoms with Crippen molar-refractivity contribution in [2.24, 2.45) is 5.16 Å². The molecule has 0 fully saturated rings. The first kappa shape index (κ1) is 15.1. The summed E-state index contributed by atoms with van der Waals surface area (Å²) in [6, 6.07) is 18.6. The minimum atomic E-state index is 0. The van der Waals surface area contributed by atoms with Crippen molar-refractivity contribution in [2.75, 3.05) is 0 Å². The molecular formula is C15H14NOY-. The molecule has 0 saturated heterocycles. The molecule has 0 aliphatic carbocycles. The first-order chi connectivity index (χ1) is 8.29. The Morgan fingerprint density at radius 1 is 1.11 bits per heavy atom. The van der Waals surface area contributed by atoms with Gasteiger partial charge in [0.2, 0.25) is 0 Å². The first-order valence-corrected chi connectivity index (χ1v) is 5.52. The van der Waals surface area contributed by atoms with Gasteiger partial charge in [0.1, 0.15) is 0 Å².